The van der Waals surface area contributed by atoms with Gasteiger partial charge in [-0.05, 0) is 68.2 Å². The molecule has 2 nitrogen and oxygen atoms in total. The summed E-state index contributed by atoms with van der Waals surface area (Å²) in [5.41, 5.74) is -0.271. The molecule has 0 unspecified atom stereocenters. The first-order chi connectivity index (χ1) is 18.2. The second-order valence-electron chi connectivity index (χ2n) is 9.73. The van der Waals surface area contributed by atoms with E-state index in [0.29, 0.717) is 37.7 Å². The van der Waals surface area contributed by atoms with Gasteiger partial charge in [0.2, 0.25) is 5.82 Å². The van der Waals surface area contributed by atoms with Crippen LogP contribution in [0, 0.1) is 41.8 Å². The lowest BCUT2D eigenvalue weighted by Gasteiger charge is -2.29. The third-order valence-electron chi connectivity index (χ3n) is 7.15. The first-order valence-corrected chi connectivity index (χ1v) is 12.9. The Morgan fingerprint density at radius 2 is 1.37 bits per heavy atom. The molecule has 0 aromatic heterocycles. The fourth-order valence-electron chi connectivity index (χ4n) is 4.81. The van der Waals surface area contributed by atoms with Gasteiger partial charge >= 0.3 is 0 Å². The molecule has 3 aromatic carbocycles. The second kappa shape index (κ2) is 12.2. The maximum atomic E-state index is 14.9. The van der Waals surface area contributed by atoms with Gasteiger partial charge in [0.05, 0.1) is 19.3 Å². The summed E-state index contributed by atoms with van der Waals surface area (Å²) in [5, 5.41) is 0. The van der Waals surface area contributed by atoms with Gasteiger partial charge in [0, 0.05) is 16.7 Å². The molecule has 0 aliphatic heterocycles. The van der Waals surface area contributed by atoms with Crippen molar-refractivity contribution in [2.24, 2.45) is 0 Å². The standard InChI is InChI=1S/C30H30F6O2/c1-3-4-15-37-24-14-13-23(29(35)30(24)36)22-12-8-19(26(32)28(22)34)16-38-20-9-6-18(7-10-20)21-11-5-17(2)25(31)27(21)33/h5,8,11-14,18,20H,3-4,6-7,9-10,15-16H2,1-2H3. The van der Waals surface area contributed by atoms with Crippen molar-refractivity contribution in [1.29, 1.82) is 0 Å². The van der Waals surface area contributed by atoms with Crippen LogP contribution in [0.1, 0.15) is 68.1 Å². The molecule has 1 aliphatic rings. The molecular weight excluding hydrogens is 506 g/mol. The van der Waals surface area contributed by atoms with E-state index in [2.05, 4.69) is 0 Å². The van der Waals surface area contributed by atoms with E-state index in [-0.39, 0.29) is 42.1 Å². The molecule has 1 aliphatic carbocycles. The molecule has 204 valence electrons. The smallest absolute Gasteiger partial charge is 0.201 e. The third-order valence-corrected chi connectivity index (χ3v) is 7.15. The summed E-state index contributed by atoms with van der Waals surface area (Å²) in [6, 6.07) is 8.01. The van der Waals surface area contributed by atoms with Crippen molar-refractivity contribution in [2.45, 2.75) is 71.0 Å². The molecule has 0 N–H and O–H groups in total. The Morgan fingerprint density at radius 3 is 2.05 bits per heavy atom. The van der Waals surface area contributed by atoms with Gasteiger partial charge in [-0.25, -0.2) is 22.0 Å². The topological polar surface area (TPSA) is 18.5 Å². The summed E-state index contributed by atoms with van der Waals surface area (Å²) in [6.45, 7) is 3.44. The van der Waals surface area contributed by atoms with Crippen molar-refractivity contribution in [3.8, 4) is 16.9 Å². The van der Waals surface area contributed by atoms with Crippen molar-refractivity contribution in [3.05, 3.63) is 88.0 Å². The van der Waals surface area contributed by atoms with Crippen molar-refractivity contribution >= 4 is 0 Å². The Labute approximate surface area is 218 Å². The zero-order valence-electron chi connectivity index (χ0n) is 21.4. The minimum absolute atomic E-state index is 0.0552. The Morgan fingerprint density at radius 1 is 0.711 bits per heavy atom. The maximum Gasteiger partial charge on any atom is 0.201 e. The number of unbranched alkanes of at least 4 members (excludes halogenated alkanes) is 1. The Kier molecular flexibility index (Phi) is 9.03. The number of hydrogen-bond acceptors (Lipinski definition) is 2. The van der Waals surface area contributed by atoms with E-state index in [1.165, 1.54) is 25.1 Å². The third kappa shape index (κ3) is 5.85. The SMILES string of the molecule is CCCCOc1ccc(-c2ccc(COC3CCC(c4ccc(C)c(F)c4F)CC3)c(F)c2F)c(F)c1F. The van der Waals surface area contributed by atoms with Crippen molar-refractivity contribution in [2.75, 3.05) is 6.61 Å². The quantitative estimate of drug-likeness (QED) is 0.201. The van der Waals surface area contributed by atoms with Crippen molar-refractivity contribution in [3.63, 3.8) is 0 Å². The van der Waals surface area contributed by atoms with Crippen LogP contribution in [0.2, 0.25) is 0 Å². The van der Waals surface area contributed by atoms with Gasteiger partial charge < -0.3 is 9.47 Å². The fourth-order valence-corrected chi connectivity index (χ4v) is 4.81. The second-order valence-corrected chi connectivity index (χ2v) is 9.73. The molecule has 0 atom stereocenters. The van der Waals surface area contributed by atoms with E-state index in [1.807, 2.05) is 6.92 Å². The molecular formula is C30H30F6O2. The molecule has 0 bridgehead atoms. The molecule has 1 fully saturated rings. The van der Waals surface area contributed by atoms with Gasteiger partial charge in [-0.15, -0.1) is 0 Å². The van der Waals surface area contributed by atoms with E-state index in [1.54, 1.807) is 12.1 Å². The van der Waals surface area contributed by atoms with Gasteiger partial charge in [-0.3, -0.25) is 0 Å². The fraction of sp³-hybridized carbons (Fsp3) is 0.400. The highest BCUT2D eigenvalue weighted by molar-refractivity contribution is 5.66. The molecule has 0 heterocycles. The van der Waals surface area contributed by atoms with Crippen LogP contribution in [0.15, 0.2) is 36.4 Å². The average molecular weight is 537 g/mol. The number of aryl methyl sites for hydroxylation is 1. The van der Waals surface area contributed by atoms with Gasteiger partial charge in [0.15, 0.2) is 34.8 Å². The molecule has 1 saturated carbocycles. The first kappa shape index (κ1) is 28.0. The van der Waals surface area contributed by atoms with Crippen LogP contribution in [-0.2, 0) is 11.3 Å². The van der Waals surface area contributed by atoms with Gasteiger partial charge in [0.25, 0.3) is 0 Å². The molecule has 8 heteroatoms. The van der Waals surface area contributed by atoms with Gasteiger partial charge in [-0.2, -0.15) is 4.39 Å². The van der Waals surface area contributed by atoms with Crippen LogP contribution in [0.4, 0.5) is 26.3 Å². The summed E-state index contributed by atoms with van der Waals surface area (Å²) >= 11 is 0. The highest BCUT2D eigenvalue weighted by Gasteiger charge is 2.27. The lowest BCUT2D eigenvalue weighted by Crippen LogP contribution is -2.21. The molecule has 4 rings (SSSR count). The van der Waals surface area contributed by atoms with Crippen LogP contribution in [0.25, 0.3) is 11.1 Å². The van der Waals surface area contributed by atoms with Crippen LogP contribution in [0.5, 0.6) is 5.75 Å². The number of ether oxygens (including phenoxy) is 2. The van der Waals surface area contributed by atoms with Crippen LogP contribution in [-0.4, -0.2) is 12.7 Å². The molecule has 38 heavy (non-hydrogen) atoms. The monoisotopic (exact) mass is 536 g/mol. The van der Waals surface area contributed by atoms with Gasteiger partial charge in [0.1, 0.15) is 0 Å². The summed E-state index contributed by atoms with van der Waals surface area (Å²) < 4.78 is 98.1. The predicted molar refractivity (Wildman–Crippen MR) is 133 cm³/mol. The van der Waals surface area contributed by atoms with E-state index in [9.17, 15) is 26.3 Å². The van der Waals surface area contributed by atoms with E-state index in [4.69, 9.17) is 9.47 Å². The van der Waals surface area contributed by atoms with Crippen LogP contribution >= 0.6 is 0 Å². The average Bonchev–Trinajstić information content (AvgIpc) is 2.92. The Bertz CT molecular complexity index is 1280. The van der Waals surface area contributed by atoms with E-state index in [0.717, 1.165) is 12.5 Å². The summed E-state index contributed by atoms with van der Waals surface area (Å²) in [7, 11) is 0. The van der Waals surface area contributed by atoms with E-state index < -0.39 is 46.0 Å². The number of halogens is 6. The minimum atomic E-state index is -1.32. The number of rotatable bonds is 9. The summed E-state index contributed by atoms with van der Waals surface area (Å²) in [4.78, 5) is 0. The normalized spacial score (nSPS) is 17.6. The highest BCUT2D eigenvalue weighted by atomic mass is 19.2. The number of benzene rings is 3. The van der Waals surface area contributed by atoms with Crippen LogP contribution < -0.4 is 4.74 Å². The van der Waals surface area contributed by atoms with Crippen LogP contribution in [0.3, 0.4) is 0 Å². The zero-order valence-corrected chi connectivity index (χ0v) is 21.4. The Balaban J connectivity index is 1.39. The van der Waals surface area contributed by atoms with Crippen molar-refractivity contribution < 1.29 is 35.8 Å². The molecule has 3 aromatic rings. The lowest BCUT2D eigenvalue weighted by atomic mass is 9.82. The zero-order chi connectivity index (χ0) is 27.4. The largest absolute Gasteiger partial charge is 0.490 e. The Hall–Kier alpha value is -3.00. The molecule has 0 amide bonds. The molecule has 0 spiro atoms. The molecule has 0 radical (unpaired) electrons. The molecule has 0 saturated heterocycles. The summed E-state index contributed by atoms with van der Waals surface area (Å²) in [5.74, 6) is -7.14. The van der Waals surface area contributed by atoms with Gasteiger partial charge in [-0.1, -0.05) is 37.6 Å². The van der Waals surface area contributed by atoms with E-state index >= 15 is 0 Å². The summed E-state index contributed by atoms with van der Waals surface area (Å²) in [6.07, 6.45) is 3.49. The number of hydrogen-bond donors (Lipinski definition) is 0. The lowest BCUT2D eigenvalue weighted by molar-refractivity contribution is 0.0116. The predicted octanol–water partition coefficient (Wildman–Crippen LogP) is 8.92. The highest BCUT2D eigenvalue weighted by Crippen LogP contribution is 2.37. The first-order valence-electron chi connectivity index (χ1n) is 12.9. The maximum absolute atomic E-state index is 14.9. The minimum Gasteiger partial charge on any atom is -0.490 e. The van der Waals surface area contributed by atoms with Crippen molar-refractivity contribution in [1.82, 2.24) is 0 Å².